The second-order valence-corrected chi connectivity index (χ2v) is 6.30. The highest BCUT2D eigenvalue weighted by Crippen LogP contribution is 2.22. The number of ether oxygens (including phenoxy) is 2. The first kappa shape index (κ1) is 18.3. The number of aromatic carboxylic acids is 1. The molecule has 0 bridgehead atoms. The number of benzene rings is 1. The summed E-state index contributed by atoms with van der Waals surface area (Å²) in [4.78, 5) is 23.9. The Kier molecular flexibility index (Phi) is 6.14. The Bertz CT molecular complexity index is 749. The van der Waals surface area contributed by atoms with Crippen LogP contribution in [0.3, 0.4) is 0 Å². The second-order valence-electron chi connectivity index (χ2n) is 6.30. The van der Waals surface area contributed by atoms with Crippen molar-refractivity contribution in [3.05, 3.63) is 52.9 Å². The zero-order valence-corrected chi connectivity index (χ0v) is 14.3. The van der Waals surface area contributed by atoms with Gasteiger partial charge in [-0.3, -0.25) is 4.79 Å². The van der Waals surface area contributed by atoms with E-state index in [1.54, 1.807) is 0 Å². The first-order chi connectivity index (χ1) is 12.6. The summed E-state index contributed by atoms with van der Waals surface area (Å²) in [5.41, 5.74) is 0.624. The Morgan fingerprint density at radius 1 is 1.23 bits per heavy atom. The fraction of sp³-hybridized carbons (Fsp3) is 0.421. The zero-order valence-electron chi connectivity index (χ0n) is 14.3. The molecule has 26 heavy (non-hydrogen) atoms. The predicted octanol–water partition coefficient (Wildman–Crippen LogP) is 3.09. The third-order valence-electron chi connectivity index (χ3n) is 4.39. The Hall–Kier alpha value is -2.51. The zero-order chi connectivity index (χ0) is 18.4. The molecule has 7 heteroatoms. The summed E-state index contributed by atoms with van der Waals surface area (Å²) in [6.45, 7) is 1.61. The highest BCUT2D eigenvalue weighted by atomic mass is 16.5. The first-order valence-electron chi connectivity index (χ1n) is 8.59. The number of ketones is 1. The molecule has 1 aliphatic rings. The van der Waals surface area contributed by atoms with Crippen LogP contribution in [0.25, 0.3) is 0 Å². The fourth-order valence-corrected chi connectivity index (χ4v) is 2.93. The third kappa shape index (κ3) is 4.56. The monoisotopic (exact) mass is 359 g/mol. The van der Waals surface area contributed by atoms with Gasteiger partial charge in [0.2, 0.25) is 0 Å². The van der Waals surface area contributed by atoms with Gasteiger partial charge in [0.15, 0.2) is 17.2 Å². The van der Waals surface area contributed by atoms with Crippen molar-refractivity contribution in [1.29, 1.82) is 0 Å². The standard InChI is InChI=1S/C19H21NO6/c21-15(7-6-14-8-9-24-10-14)18-17(19(22)23)16(26-20-18)12-25-11-13-4-2-1-3-5-13/h1-5,14H,6-12H2,(H,22,23). The number of rotatable bonds is 9. The SMILES string of the molecule is O=C(CCC1CCOC1)c1noc(COCc2ccccc2)c1C(=O)O. The summed E-state index contributed by atoms with van der Waals surface area (Å²) in [5, 5.41) is 13.1. The van der Waals surface area contributed by atoms with E-state index in [-0.39, 0.29) is 35.8 Å². The van der Waals surface area contributed by atoms with Crippen molar-refractivity contribution in [1.82, 2.24) is 5.16 Å². The summed E-state index contributed by atoms with van der Waals surface area (Å²) in [5.74, 6) is -1.17. The summed E-state index contributed by atoms with van der Waals surface area (Å²) < 4.78 is 15.9. The molecule has 3 rings (SSSR count). The van der Waals surface area contributed by atoms with E-state index in [1.807, 2.05) is 30.3 Å². The topological polar surface area (TPSA) is 98.9 Å². The van der Waals surface area contributed by atoms with Gasteiger partial charge >= 0.3 is 5.97 Å². The Labute approximate surface area is 150 Å². The largest absolute Gasteiger partial charge is 0.477 e. The molecule has 138 valence electrons. The van der Waals surface area contributed by atoms with Gasteiger partial charge in [-0.15, -0.1) is 0 Å². The van der Waals surface area contributed by atoms with E-state index in [2.05, 4.69) is 5.16 Å². The molecule has 2 heterocycles. The van der Waals surface area contributed by atoms with Crippen LogP contribution in [0.5, 0.6) is 0 Å². The number of Topliss-reactive ketones (excluding diaryl/α,β-unsaturated/α-hetero) is 1. The van der Waals surface area contributed by atoms with Gasteiger partial charge in [-0.25, -0.2) is 4.79 Å². The van der Waals surface area contributed by atoms with E-state index < -0.39 is 5.97 Å². The van der Waals surface area contributed by atoms with E-state index in [0.29, 0.717) is 32.2 Å². The number of hydrogen-bond acceptors (Lipinski definition) is 6. The van der Waals surface area contributed by atoms with Crippen molar-refractivity contribution in [2.24, 2.45) is 5.92 Å². The lowest BCUT2D eigenvalue weighted by Gasteiger charge is -2.05. The lowest BCUT2D eigenvalue weighted by molar-refractivity contribution is 0.0664. The molecule has 1 aromatic carbocycles. The van der Waals surface area contributed by atoms with Crippen LogP contribution in [0.2, 0.25) is 0 Å². The van der Waals surface area contributed by atoms with Crippen LogP contribution in [0.1, 0.15) is 51.4 Å². The molecule has 0 amide bonds. The Morgan fingerprint density at radius 3 is 2.73 bits per heavy atom. The maximum Gasteiger partial charge on any atom is 0.341 e. The normalized spacial score (nSPS) is 16.7. The minimum atomic E-state index is -1.24. The Morgan fingerprint density at radius 2 is 2.04 bits per heavy atom. The van der Waals surface area contributed by atoms with E-state index in [0.717, 1.165) is 12.0 Å². The molecule has 1 aliphatic heterocycles. The van der Waals surface area contributed by atoms with Crippen molar-refractivity contribution in [2.75, 3.05) is 13.2 Å². The molecular weight excluding hydrogens is 338 g/mol. The van der Waals surface area contributed by atoms with Gasteiger partial charge in [-0.05, 0) is 24.3 Å². The minimum Gasteiger partial charge on any atom is -0.477 e. The average molecular weight is 359 g/mol. The van der Waals surface area contributed by atoms with Crippen LogP contribution in [0.4, 0.5) is 0 Å². The molecule has 1 atom stereocenters. The maximum atomic E-state index is 12.4. The number of hydrogen-bond donors (Lipinski definition) is 1. The fourth-order valence-electron chi connectivity index (χ4n) is 2.93. The molecule has 1 saturated heterocycles. The van der Waals surface area contributed by atoms with Gasteiger partial charge in [-0.2, -0.15) is 0 Å². The summed E-state index contributed by atoms with van der Waals surface area (Å²) in [6.07, 6.45) is 1.81. The van der Waals surface area contributed by atoms with E-state index >= 15 is 0 Å². The third-order valence-corrected chi connectivity index (χ3v) is 4.39. The van der Waals surface area contributed by atoms with Crippen molar-refractivity contribution in [2.45, 2.75) is 32.5 Å². The van der Waals surface area contributed by atoms with Crippen LogP contribution in [0.15, 0.2) is 34.9 Å². The van der Waals surface area contributed by atoms with Gasteiger partial charge in [0.1, 0.15) is 12.2 Å². The molecule has 1 N–H and O–H groups in total. The number of carbonyl (C=O) groups is 2. The Balaban J connectivity index is 1.61. The smallest absolute Gasteiger partial charge is 0.341 e. The molecule has 0 aliphatic carbocycles. The molecule has 0 saturated carbocycles. The minimum absolute atomic E-state index is 0.0565. The molecule has 1 fully saturated rings. The van der Waals surface area contributed by atoms with Gasteiger partial charge in [0, 0.05) is 19.6 Å². The van der Waals surface area contributed by atoms with Crippen LogP contribution in [0, 0.1) is 5.92 Å². The van der Waals surface area contributed by atoms with Crippen molar-refractivity contribution < 1.29 is 28.7 Å². The van der Waals surface area contributed by atoms with Gasteiger partial charge in [0.05, 0.1) is 6.61 Å². The number of nitrogens with zero attached hydrogens (tertiary/aromatic N) is 1. The van der Waals surface area contributed by atoms with Crippen molar-refractivity contribution >= 4 is 11.8 Å². The predicted molar refractivity (Wildman–Crippen MR) is 90.9 cm³/mol. The van der Waals surface area contributed by atoms with Crippen molar-refractivity contribution in [3.8, 4) is 0 Å². The highest BCUT2D eigenvalue weighted by Gasteiger charge is 2.28. The van der Waals surface area contributed by atoms with Gasteiger partial charge < -0.3 is 19.1 Å². The van der Waals surface area contributed by atoms with Crippen molar-refractivity contribution in [3.63, 3.8) is 0 Å². The summed E-state index contributed by atoms with van der Waals surface area (Å²) in [7, 11) is 0. The molecule has 2 aromatic rings. The molecule has 1 aromatic heterocycles. The number of carboxylic acid groups (broad SMARTS) is 1. The molecule has 0 spiro atoms. The number of carbonyl (C=O) groups excluding carboxylic acids is 1. The van der Waals surface area contributed by atoms with E-state index in [9.17, 15) is 14.7 Å². The molecule has 0 radical (unpaired) electrons. The highest BCUT2D eigenvalue weighted by molar-refractivity contribution is 6.04. The average Bonchev–Trinajstić information content (AvgIpc) is 3.30. The molecule has 1 unspecified atom stereocenters. The first-order valence-corrected chi connectivity index (χ1v) is 8.59. The second kappa shape index (κ2) is 8.73. The molecular formula is C19H21NO6. The maximum absolute atomic E-state index is 12.4. The van der Waals surface area contributed by atoms with Gasteiger partial charge in [-0.1, -0.05) is 35.5 Å². The summed E-state index contributed by atoms with van der Waals surface area (Å²) >= 11 is 0. The van der Waals surface area contributed by atoms with Gasteiger partial charge in [0.25, 0.3) is 0 Å². The lowest BCUT2D eigenvalue weighted by Crippen LogP contribution is -2.11. The number of aromatic nitrogens is 1. The van der Waals surface area contributed by atoms with E-state index in [1.165, 1.54) is 0 Å². The van der Waals surface area contributed by atoms with E-state index in [4.69, 9.17) is 14.0 Å². The summed E-state index contributed by atoms with van der Waals surface area (Å²) in [6, 6.07) is 9.49. The van der Waals surface area contributed by atoms with Crippen LogP contribution >= 0.6 is 0 Å². The van der Waals surface area contributed by atoms with Crippen LogP contribution < -0.4 is 0 Å². The van der Waals surface area contributed by atoms with Crippen LogP contribution in [-0.2, 0) is 22.7 Å². The van der Waals surface area contributed by atoms with Crippen LogP contribution in [-0.4, -0.2) is 35.2 Å². The molecule has 7 nitrogen and oxygen atoms in total. The lowest BCUT2D eigenvalue weighted by atomic mass is 9.98. The quantitative estimate of drug-likeness (QED) is 0.687. The number of carboxylic acids is 1.